The third-order valence-corrected chi connectivity index (χ3v) is 5.62. The minimum atomic E-state index is 0.394. The molecule has 0 unspecified atom stereocenters. The van der Waals surface area contributed by atoms with Crippen LogP contribution in [0.5, 0.6) is 5.75 Å². The molecule has 1 fully saturated rings. The number of anilines is 1. The van der Waals surface area contributed by atoms with Crippen molar-refractivity contribution in [1.82, 2.24) is 5.32 Å². The summed E-state index contributed by atoms with van der Waals surface area (Å²) >= 11 is 0. The number of nitrogens with zero attached hydrogens (tertiary/aromatic N) is 1. The van der Waals surface area contributed by atoms with E-state index in [9.17, 15) is 5.11 Å². The molecule has 1 saturated heterocycles. The number of piperidine rings is 1. The summed E-state index contributed by atoms with van der Waals surface area (Å²) < 4.78 is 0. The lowest BCUT2D eigenvalue weighted by Crippen LogP contribution is -2.31. The normalized spacial score (nSPS) is 18.5. The standard InChI is InChI=1S/C21H26N2O/c1-15-12-20(24)13-18-8-11-23(14-21(15)18)19-4-2-16(3-5-19)17-6-9-22-10-7-17/h2-5,12-13,17,22,24H,6-11,14H2,1H3. The van der Waals surface area contributed by atoms with Crippen molar-refractivity contribution >= 4 is 5.69 Å². The largest absolute Gasteiger partial charge is 0.508 e. The predicted molar refractivity (Wildman–Crippen MR) is 98.9 cm³/mol. The van der Waals surface area contributed by atoms with E-state index >= 15 is 0 Å². The molecule has 2 N–H and O–H groups in total. The van der Waals surface area contributed by atoms with Crippen LogP contribution in [0.25, 0.3) is 0 Å². The molecule has 4 rings (SSSR count). The molecule has 2 aliphatic heterocycles. The van der Waals surface area contributed by atoms with Crippen molar-refractivity contribution < 1.29 is 5.11 Å². The van der Waals surface area contributed by atoms with E-state index in [0.29, 0.717) is 11.7 Å². The zero-order valence-corrected chi connectivity index (χ0v) is 14.4. The molecule has 0 aromatic heterocycles. The van der Waals surface area contributed by atoms with E-state index < -0.39 is 0 Å². The first-order valence-electron chi connectivity index (χ1n) is 9.08. The highest BCUT2D eigenvalue weighted by Crippen LogP contribution is 2.31. The van der Waals surface area contributed by atoms with Crippen molar-refractivity contribution in [3.8, 4) is 5.75 Å². The Morgan fingerprint density at radius 2 is 1.83 bits per heavy atom. The first-order chi connectivity index (χ1) is 11.7. The number of aryl methyl sites for hydroxylation is 1. The Kier molecular flexibility index (Phi) is 4.19. The highest BCUT2D eigenvalue weighted by molar-refractivity contribution is 5.53. The molecule has 2 aromatic rings. The van der Waals surface area contributed by atoms with Crippen molar-refractivity contribution in [1.29, 1.82) is 0 Å². The minimum Gasteiger partial charge on any atom is -0.508 e. The summed E-state index contributed by atoms with van der Waals surface area (Å²) in [5.74, 6) is 1.11. The molecule has 3 nitrogen and oxygen atoms in total. The molecule has 2 aliphatic rings. The summed E-state index contributed by atoms with van der Waals surface area (Å²) in [6.07, 6.45) is 3.50. The SMILES string of the molecule is Cc1cc(O)cc2c1CN(c1ccc(C3CCNCC3)cc1)CC2. The molecule has 126 valence electrons. The summed E-state index contributed by atoms with van der Waals surface area (Å²) in [6, 6.07) is 13.0. The smallest absolute Gasteiger partial charge is 0.116 e. The maximum atomic E-state index is 9.79. The van der Waals surface area contributed by atoms with E-state index in [0.717, 1.165) is 32.6 Å². The van der Waals surface area contributed by atoms with E-state index in [1.165, 1.54) is 40.8 Å². The van der Waals surface area contributed by atoms with Gasteiger partial charge in [-0.3, -0.25) is 0 Å². The van der Waals surface area contributed by atoms with Gasteiger partial charge in [0.2, 0.25) is 0 Å². The maximum absolute atomic E-state index is 9.79. The van der Waals surface area contributed by atoms with E-state index in [1.807, 2.05) is 12.1 Å². The number of benzene rings is 2. The predicted octanol–water partition coefficient (Wildman–Crippen LogP) is 3.73. The monoisotopic (exact) mass is 322 g/mol. The van der Waals surface area contributed by atoms with Crippen LogP contribution in [0.3, 0.4) is 0 Å². The van der Waals surface area contributed by atoms with Crippen molar-refractivity contribution in [3.05, 3.63) is 58.7 Å². The molecular weight excluding hydrogens is 296 g/mol. The van der Waals surface area contributed by atoms with Crippen molar-refractivity contribution in [2.24, 2.45) is 0 Å². The summed E-state index contributed by atoms with van der Waals surface area (Å²) in [6.45, 7) is 6.34. The van der Waals surface area contributed by atoms with Crippen LogP contribution in [0, 0.1) is 6.92 Å². The molecule has 2 aromatic carbocycles. The van der Waals surface area contributed by atoms with Crippen LogP contribution < -0.4 is 10.2 Å². The average Bonchev–Trinajstić information content (AvgIpc) is 2.62. The number of phenols is 1. The highest BCUT2D eigenvalue weighted by Gasteiger charge is 2.20. The summed E-state index contributed by atoms with van der Waals surface area (Å²) in [4.78, 5) is 2.46. The molecule has 0 aliphatic carbocycles. The third kappa shape index (κ3) is 3.01. The lowest BCUT2D eigenvalue weighted by atomic mass is 9.90. The van der Waals surface area contributed by atoms with Gasteiger partial charge in [-0.1, -0.05) is 12.1 Å². The number of aromatic hydroxyl groups is 1. The summed E-state index contributed by atoms with van der Waals surface area (Å²) in [7, 11) is 0. The van der Waals surface area contributed by atoms with Gasteiger partial charge in [-0.2, -0.15) is 0 Å². The van der Waals surface area contributed by atoms with Gasteiger partial charge in [-0.05, 0) is 91.7 Å². The fourth-order valence-corrected chi connectivity index (χ4v) is 4.18. The van der Waals surface area contributed by atoms with E-state index in [1.54, 1.807) is 0 Å². The maximum Gasteiger partial charge on any atom is 0.116 e. The number of hydrogen-bond donors (Lipinski definition) is 2. The van der Waals surface area contributed by atoms with Gasteiger partial charge in [0, 0.05) is 18.8 Å². The number of rotatable bonds is 2. The van der Waals surface area contributed by atoms with Gasteiger partial charge < -0.3 is 15.3 Å². The second-order valence-electron chi connectivity index (χ2n) is 7.19. The Labute approximate surface area is 144 Å². The van der Waals surface area contributed by atoms with Gasteiger partial charge in [0.1, 0.15) is 5.75 Å². The molecule has 0 amide bonds. The number of hydrogen-bond acceptors (Lipinski definition) is 3. The van der Waals surface area contributed by atoms with Gasteiger partial charge in [0.05, 0.1) is 0 Å². The lowest BCUT2D eigenvalue weighted by molar-refractivity contribution is 0.460. The minimum absolute atomic E-state index is 0.394. The molecule has 2 heterocycles. The zero-order chi connectivity index (χ0) is 16.5. The van der Waals surface area contributed by atoms with Gasteiger partial charge >= 0.3 is 0 Å². The van der Waals surface area contributed by atoms with E-state index in [2.05, 4.69) is 41.4 Å². The molecular formula is C21H26N2O. The Balaban J connectivity index is 1.52. The van der Waals surface area contributed by atoms with Gasteiger partial charge in [-0.25, -0.2) is 0 Å². The zero-order valence-electron chi connectivity index (χ0n) is 14.4. The number of nitrogens with one attached hydrogen (secondary N) is 1. The molecule has 0 bridgehead atoms. The Morgan fingerprint density at radius 1 is 1.08 bits per heavy atom. The first kappa shape index (κ1) is 15.5. The van der Waals surface area contributed by atoms with E-state index in [4.69, 9.17) is 0 Å². The van der Waals surface area contributed by atoms with Crippen LogP contribution in [0.1, 0.15) is 41.0 Å². The van der Waals surface area contributed by atoms with E-state index in [-0.39, 0.29) is 0 Å². The van der Waals surface area contributed by atoms with Crippen molar-refractivity contribution in [2.45, 2.75) is 38.6 Å². The fourth-order valence-electron chi connectivity index (χ4n) is 4.18. The lowest BCUT2D eigenvalue weighted by Gasteiger charge is -2.32. The van der Waals surface area contributed by atoms with Crippen molar-refractivity contribution in [2.75, 3.05) is 24.5 Å². The molecule has 0 saturated carbocycles. The van der Waals surface area contributed by atoms with Crippen molar-refractivity contribution in [3.63, 3.8) is 0 Å². The Morgan fingerprint density at radius 3 is 2.58 bits per heavy atom. The number of phenolic OH excluding ortho intramolecular Hbond substituents is 1. The third-order valence-electron chi connectivity index (χ3n) is 5.62. The molecule has 3 heteroatoms. The van der Waals surface area contributed by atoms with Gasteiger partial charge in [0.25, 0.3) is 0 Å². The average molecular weight is 322 g/mol. The quantitative estimate of drug-likeness (QED) is 0.884. The van der Waals surface area contributed by atoms with Crippen LogP contribution in [-0.2, 0) is 13.0 Å². The highest BCUT2D eigenvalue weighted by atomic mass is 16.3. The Hall–Kier alpha value is -2.00. The van der Waals surface area contributed by atoms with Crippen LogP contribution in [0.15, 0.2) is 36.4 Å². The van der Waals surface area contributed by atoms with Crippen LogP contribution >= 0.6 is 0 Å². The van der Waals surface area contributed by atoms with Gasteiger partial charge in [0.15, 0.2) is 0 Å². The summed E-state index contributed by atoms with van der Waals surface area (Å²) in [5, 5.41) is 13.2. The van der Waals surface area contributed by atoms with Gasteiger partial charge in [-0.15, -0.1) is 0 Å². The molecule has 0 atom stereocenters. The molecule has 0 radical (unpaired) electrons. The fraction of sp³-hybridized carbons (Fsp3) is 0.429. The number of fused-ring (bicyclic) bond motifs is 1. The van der Waals surface area contributed by atoms with Crippen LogP contribution in [0.4, 0.5) is 5.69 Å². The van der Waals surface area contributed by atoms with Crippen LogP contribution in [-0.4, -0.2) is 24.7 Å². The molecule has 24 heavy (non-hydrogen) atoms. The summed E-state index contributed by atoms with van der Waals surface area (Å²) in [5.41, 5.74) is 6.67. The Bertz CT molecular complexity index is 717. The van der Waals surface area contributed by atoms with Crippen LogP contribution in [0.2, 0.25) is 0 Å². The molecule has 0 spiro atoms. The topological polar surface area (TPSA) is 35.5 Å². The second kappa shape index (κ2) is 6.48. The second-order valence-corrected chi connectivity index (χ2v) is 7.19. The first-order valence-corrected chi connectivity index (χ1v) is 9.08.